The molecule has 0 bridgehead atoms. The van der Waals surface area contributed by atoms with Crippen molar-refractivity contribution in [2.24, 2.45) is 0 Å². The van der Waals surface area contributed by atoms with E-state index in [0.717, 1.165) is 18.4 Å². The minimum Gasteiger partial charge on any atom is -0.474 e. The number of hydrogen-bond donors (Lipinski definition) is 3. The number of carbonyl (C=O) groups is 2. The van der Waals surface area contributed by atoms with E-state index in [1.165, 1.54) is 19.1 Å². The molecule has 3 rings (SSSR count). The first kappa shape index (κ1) is 18.8. The second-order valence-electron chi connectivity index (χ2n) is 6.38. The second kappa shape index (κ2) is 9.61. The topological polar surface area (TPSA) is 105 Å². The molecule has 2 aromatic heterocycles. The normalized spacial score (nSPS) is 13.9. The van der Waals surface area contributed by atoms with E-state index >= 15 is 0 Å². The van der Waals surface area contributed by atoms with E-state index in [4.69, 9.17) is 9.15 Å². The maximum atomic E-state index is 11.9. The van der Waals surface area contributed by atoms with Gasteiger partial charge in [-0.25, -0.2) is 9.78 Å². The zero-order chi connectivity index (χ0) is 18.9. The molecule has 3 amide bonds. The zero-order valence-corrected chi connectivity index (χ0v) is 15.1. The minimum atomic E-state index is -0.432. The van der Waals surface area contributed by atoms with Gasteiger partial charge in [0, 0.05) is 18.3 Å². The molecular formula is C19H24N4O4. The summed E-state index contributed by atoms with van der Waals surface area (Å²) in [5.41, 5.74) is 0.807. The molecular weight excluding hydrogens is 348 g/mol. The number of carbonyl (C=O) groups excluding carboxylic acids is 2. The third kappa shape index (κ3) is 6.02. The van der Waals surface area contributed by atoms with Gasteiger partial charge in [0.05, 0.1) is 19.4 Å². The van der Waals surface area contributed by atoms with E-state index in [2.05, 4.69) is 20.9 Å². The Kier molecular flexibility index (Phi) is 6.67. The van der Waals surface area contributed by atoms with Gasteiger partial charge in [-0.05, 0) is 43.9 Å². The zero-order valence-electron chi connectivity index (χ0n) is 15.1. The largest absolute Gasteiger partial charge is 0.474 e. The van der Waals surface area contributed by atoms with Gasteiger partial charge in [0.25, 0.3) is 0 Å². The number of hydrogen-bond acceptors (Lipinski definition) is 5. The number of rotatable bonds is 8. The molecule has 0 aliphatic heterocycles. The van der Waals surface area contributed by atoms with Gasteiger partial charge in [0.15, 0.2) is 0 Å². The molecule has 8 nitrogen and oxygen atoms in total. The maximum absolute atomic E-state index is 11.9. The van der Waals surface area contributed by atoms with Crippen LogP contribution >= 0.6 is 0 Å². The van der Waals surface area contributed by atoms with Crippen molar-refractivity contribution < 1.29 is 18.7 Å². The molecule has 27 heavy (non-hydrogen) atoms. The Balaban J connectivity index is 1.39. The monoisotopic (exact) mass is 372 g/mol. The Morgan fingerprint density at radius 2 is 1.96 bits per heavy atom. The fraction of sp³-hybridized carbons (Fsp3) is 0.421. The summed E-state index contributed by atoms with van der Waals surface area (Å²) in [4.78, 5) is 27.9. The Bertz CT molecular complexity index is 742. The third-order valence-corrected chi connectivity index (χ3v) is 4.32. The van der Waals surface area contributed by atoms with Gasteiger partial charge in [0.2, 0.25) is 11.8 Å². The van der Waals surface area contributed by atoms with Gasteiger partial charge in [0.1, 0.15) is 11.9 Å². The highest BCUT2D eigenvalue weighted by Gasteiger charge is 2.18. The Morgan fingerprint density at radius 1 is 1.11 bits per heavy atom. The summed E-state index contributed by atoms with van der Waals surface area (Å²) in [6.07, 6.45) is 7.84. The molecule has 1 aliphatic carbocycles. The van der Waals surface area contributed by atoms with Gasteiger partial charge in [-0.3, -0.25) is 4.79 Å². The highest BCUT2D eigenvalue weighted by molar-refractivity contribution is 5.83. The van der Waals surface area contributed by atoms with E-state index in [-0.39, 0.29) is 31.6 Å². The number of nitrogens with zero attached hydrogens (tertiary/aromatic N) is 1. The summed E-state index contributed by atoms with van der Waals surface area (Å²) < 4.78 is 11.1. The maximum Gasteiger partial charge on any atom is 0.315 e. The molecule has 2 aromatic rings. The summed E-state index contributed by atoms with van der Waals surface area (Å²) >= 11 is 0. The lowest BCUT2D eigenvalue weighted by Crippen LogP contribution is -2.41. The van der Waals surface area contributed by atoms with E-state index in [9.17, 15) is 9.59 Å². The van der Waals surface area contributed by atoms with Gasteiger partial charge in [-0.2, -0.15) is 0 Å². The number of furan rings is 1. The van der Waals surface area contributed by atoms with Crippen molar-refractivity contribution in [2.45, 2.75) is 44.9 Å². The number of nitrogens with one attached hydrogen (secondary N) is 3. The summed E-state index contributed by atoms with van der Waals surface area (Å²) in [5, 5.41) is 7.90. The first-order chi connectivity index (χ1) is 13.2. The molecule has 0 radical (unpaired) electrons. The van der Waals surface area contributed by atoms with Crippen LogP contribution in [-0.2, 0) is 17.9 Å². The van der Waals surface area contributed by atoms with Crippen molar-refractivity contribution in [3.63, 3.8) is 0 Å². The van der Waals surface area contributed by atoms with Gasteiger partial charge in [-0.1, -0.05) is 6.07 Å². The van der Waals surface area contributed by atoms with Crippen LogP contribution in [0.2, 0.25) is 0 Å². The van der Waals surface area contributed by atoms with Crippen LogP contribution in [0.3, 0.4) is 0 Å². The summed E-state index contributed by atoms with van der Waals surface area (Å²) in [7, 11) is 0. The summed E-state index contributed by atoms with van der Waals surface area (Å²) in [6.45, 7) is 0.438. The smallest absolute Gasteiger partial charge is 0.315 e. The van der Waals surface area contributed by atoms with Gasteiger partial charge in [-0.15, -0.1) is 0 Å². The average molecular weight is 372 g/mol. The standard InChI is InChI=1S/C19H24N4O4/c24-17(21-12-16-8-4-10-26-16)13-23-19(25)22-11-14-5-3-9-20-18(14)27-15-6-1-2-7-15/h3-5,8-10,15H,1-2,6-7,11-13H2,(H,21,24)(H2,22,23,25). The molecule has 0 spiro atoms. The fourth-order valence-corrected chi connectivity index (χ4v) is 2.89. The molecule has 2 heterocycles. The Morgan fingerprint density at radius 3 is 2.74 bits per heavy atom. The van der Waals surface area contributed by atoms with Crippen LogP contribution in [0.1, 0.15) is 37.0 Å². The molecule has 1 fully saturated rings. The predicted octanol–water partition coefficient (Wildman–Crippen LogP) is 2.11. The van der Waals surface area contributed by atoms with Crippen molar-refractivity contribution >= 4 is 11.9 Å². The van der Waals surface area contributed by atoms with Gasteiger partial charge >= 0.3 is 6.03 Å². The molecule has 8 heteroatoms. The molecule has 3 N–H and O–H groups in total. The third-order valence-electron chi connectivity index (χ3n) is 4.32. The van der Waals surface area contributed by atoms with Crippen molar-refractivity contribution in [3.05, 3.63) is 48.0 Å². The molecule has 1 aliphatic rings. The van der Waals surface area contributed by atoms with Crippen molar-refractivity contribution in [1.29, 1.82) is 0 Å². The number of ether oxygens (including phenoxy) is 1. The molecule has 1 saturated carbocycles. The molecule has 0 saturated heterocycles. The molecule has 144 valence electrons. The lowest BCUT2D eigenvalue weighted by Gasteiger charge is -2.15. The van der Waals surface area contributed by atoms with Crippen molar-refractivity contribution in [1.82, 2.24) is 20.9 Å². The van der Waals surface area contributed by atoms with Crippen molar-refractivity contribution in [2.75, 3.05) is 6.54 Å². The highest BCUT2D eigenvalue weighted by atomic mass is 16.5. The van der Waals surface area contributed by atoms with Crippen LogP contribution in [0.5, 0.6) is 5.88 Å². The fourth-order valence-electron chi connectivity index (χ4n) is 2.89. The summed E-state index contributed by atoms with van der Waals surface area (Å²) in [5.74, 6) is 0.910. The van der Waals surface area contributed by atoms with E-state index in [1.807, 2.05) is 6.07 Å². The molecule has 0 unspecified atom stereocenters. The molecule has 0 atom stereocenters. The lowest BCUT2D eigenvalue weighted by atomic mass is 10.2. The van der Waals surface area contributed by atoms with Crippen LogP contribution < -0.4 is 20.7 Å². The SMILES string of the molecule is O=C(CNC(=O)NCc1cccnc1OC1CCCC1)NCc1ccco1. The van der Waals surface area contributed by atoms with Crippen LogP contribution in [-0.4, -0.2) is 29.6 Å². The second-order valence-corrected chi connectivity index (χ2v) is 6.38. The van der Waals surface area contributed by atoms with Crippen LogP contribution in [0.4, 0.5) is 4.79 Å². The van der Waals surface area contributed by atoms with E-state index < -0.39 is 6.03 Å². The lowest BCUT2D eigenvalue weighted by molar-refractivity contribution is -0.120. The number of aromatic nitrogens is 1. The first-order valence-corrected chi connectivity index (χ1v) is 9.12. The highest BCUT2D eigenvalue weighted by Crippen LogP contribution is 2.24. The van der Waals surface area contributed by atoms with Crippen molar-refractivity contribution in [3.8, 4) is 5.88 Å². The Labute approximate surface area is 157 Å². The number of pyridine rings is 1. The van der Waals surface area contributed by atoms with E-state index in [0.29, 0.717) is 11.6 Å². The van der Waals surface area contributed by atoms with Crippen LogP contribution in [0.15, 0.2) is 41.1 Å². The van der Waals surface area contributed by atoms with Crippen LogP contribution in [0.25, 0.3) is 0 Å². The minimum absolute atomic E-state index is 0.120. The van der Waals surface area contributed by atoms with Gasteiger partial charge < -0.3 is 25.1 Å². The average Bonchev–Trinajstić information content (AvgIpc) is 3.38. The number of amides is 3. The quantitative estimate of drug-likeness (QED) is 0.658. The van der Waals surface area contributed by atoms with Crippen LogP contribution in [0, 0.1) is 0 Å². The summed E-state index contributed by atoms with van der Waals surface area (Å²) in [6, 6.07) is 6.75. The number of urea groups is 1. The predicted molar refractivity (Wildman–Crippen MR) is 97.9 cm³/mol. The molecule has 0 aromatic carbocycles. The Hall–Kier alpha value is -3.03. The first-order valence-electron chi connectivity index (χ1n) is 9.12. The van der Waals surface area contributed by atoms with E-state index in [1.54, 1.807) is 24.4 Å².